The molecule has 2 rings (SSSR count). The van der Waals surface area contributed by atoms with Crippen LogP contribution in [0.1, 0.15) is 51.0 Å². The summed E-state index contributed by atoms with van der Waals surface area (Å²) < 4.78 is 0. The van der Waals surface area contributed by atoms with Crippen LogP contribution >= 0.6 is 11.6 Å². The second kappa shape index (κ2) is 9.94. The molecule has 0 unspecified atom stereocenters. The molecule has 1 aromatic rings. The molecule has 1 heterocycles. The molecule has 0 spiro atoms. The minimum Gasteiger partial charge on any atom is -0.356 e. The number of nitrogens with zero attached hydrogens (tertiary/aromatic N) is 1. The molecule has 1 N–H and O–H groups in total. The molecule has 1 amide bonds. The maximum Gasteiger partial charge on any atom is 0.220 e. The number of hydrogen-bond donors (Lipinski definition) is 1. The van der Waals surface area contributed by atoms with Gasteiger partial charge in [0.1, 0.15) is 0 Å². The number of halogens is 1. The van der Waals surface area contributed by atoms with Gasteiger partial charge in [-0.05, 0) is 56.3 Å². The normalized spacial score (nSPS) is 18.8. The first-order chi connectivity index (χ1) is 11.2. The maximum absolute atomic E-state index is 11.9. The van der Waals surface area contributed by atoms with Crippen molar-refractivity contribution in [1.29, 1.82) is 0 Å². The zero-order chi connectivity index (χ0) is 16.5. The van der Waals surface area contributed by atoms with E-state index in [4.69, 9.17) is 11.6 Å². The van der Waals surface area contributed by atoms with E-state index in [9.17, 15) is 4.79 Å². The van der Waals surface area contributed by atoms with Crippen molar-refractivity contribution in [3.05, 3.63) is 34.9 Å². The summed E-state index contributed by atoms with van der Waals surface area (Å²) in [5.74, 6) is 0.144. The minimum atomic E-state index is 0.144. The molecule has 1 fully saturated rings. The van der Waals surface area contributed by atoms with Crippen LogP contribution in [0.5, 0.6) is 0 Å². The number of carbonyl (C=O) groups is 1. The van der Waals surface area contributed by atoms with Crippen molar-refractivity contribution < 1.29 is 4.79 Å². The van der Waals surface area contributed by atoms with E-state index in [1.165, 1.54) is 32.2 Å². The third kappa shape index (κ3) is 6.52. The number of piperidine rings is 1. The van der Waals surface area contributed by atoms with Crippen LogP contribution in [0.2, 0.25) is 5.02 Å². The van der Waals surface area contributed by atoms with Crippen LogP contribution in [-0.4, -0.2) is 36.5 Å². The van der Waals surface area contributed by atoms with Crippen molar-refractivity contribution in [2.45, 2.75) is 57.9 Å². The smallest absolute Gasteiger partial charge is 0.220 e. The van der Waals surface area contributed by atoms with Crippen LogP contribution in [0.3, 0.4) is 0 Å². The summed E-state index contributed by atoms with van der Waals surface area (Å²) >= 11 is 5.86. The quantitative estimate of drug-likeness (QED) is 0.726. The van der Waals surface area contributed by atoms with E-state index in [2.05, 4.69) is 17.1 Å². The Hall–Kier alpha value is -1.06. The van der Waals surface area contributed by atoms with Gasteiger partial charge >= 0.3 is 0 Å². The highest BCUT2D eigenvalue weighted by molar-refractivity contribution is 6.30. The van der Waals surface area contributed by atoms with Gasteiger partial charge in [-0.15, -0.1) is 0 Å². The van der Waals surface area contributed by atoms with Crippen LogP contribution < -0.4 is 5.32 Å². The van der Waals surface area contributed by atoms with Crippen molar-refractivity contribution in [2.24, 2.45) is 0 Å². The van der Waals surface area contributed by atoms with Crippen LogP contribution in [-0.2, 0) is 11.2 Å². The van der Waals surface area contributed by atoms with Gasteiger partial charge in [-0.25, -0.2) is 0 Å². The Bertz CT molecular complexity index is 475. The third-order valence-corrected chi connectivity index (χ3v) is 4.97. The summed E-state index contributed by atoms with van der Waals surface area (Å²) in [7, 11) is 0. The molecule has 0 saturated carbocycles. The van der Waals surface area contributed by atoms with E-state index < -0.39 is 0 Å². The zero-order valence-corrected chi connectivity index (χ0v) is 14.9. The summed E-state index contributed by atoms with van der Waals surface area (Å²) in [5, 5.41) is 3.78. The molecule has 0 aliphatic carbocycles. The summed E-state index contributed by atoms with van der Waals surface area (Å²) in [6, 6.07) is 8.47. The van der Waals surface area contributed by atoms with E-state index >= 15 is 0 Å². The third-order valence-electron chi connectivity index (χ3n) is 4.72. The maximum atomic E-state index is 11.9. The van der Waals surface area contributed by atoms with Gasteiger partial charge in [0.05, 0.1) is 0 Å². The lowest BCUT2D eigenvalue weighted by Gasteiger charge is -2.35. The largest absolute Gasteiger partial charge is 0.356 e. The van der Waals surface area contributed by atoms with Crippen LogP contribution in [0.15, 0.2) is 24.3 Å². The second-order valence-corrected chi connectivity index (χ2v) is 6.86. The van der Waals surface area contributed by atoms with Gasteiger partial charge in [0.15, 0.2) is 0 Å². The van der Waals surface area contributed by atoms with E-state index in [1.807, 2.05) is 24.3 Å². The summed E-state index contributed by atoms with van der Waals surface area (Å²) in [6.07, 6.45) is 7.64. The molecule has 23 heavy (non-hydrogen) atoms. The van der Waals surface area contributed by atoms with Crippen LogP contribution in [0, 0.1) is 0 Å². The van der Waals surface area contributed by atoms with Crippen LogP contribution in [0.4, 0.5) is 0 Å². The van der Waals surface area contributed by atoms with Crippen molar-refractivity contribution >= 4 is 17.5 Å². The monoisotopic (exact) mass is 336 g/mol. The highest BCUT2D eigenvalue weighted by Crippen LogP contribution is 2.19. The van der Waals surface area contributed by atoms with E-state index in [0.717, 1.165) is 42.6 Å². The van der Waals surface area contributed by atoms with Crippen LogP contribution in [0.25, 0.3) is 0 Å². The van der Waals surface area contributed by atoms with Gasteiger partial charge in [-0.3, -0.25) is 4.79 Å². The second-order valence-electron chi connectivity index (χ2n) is 6.42. The molecule has 3 nitrogen and oxygen atoms in total. The predicted molar refractivity (Wildman–Crippen MR) is 96.9 cm³/mol. The number of benzene rings is 1. The number of rotatable bonds is 8. The summed E-state index contributed by atoms with van der Waals surface area (Å²) in [6.45, 7) is 5.40. The Balaban J connectivity index is 1.58. The van der Waals surface area contributed by atoms with E-state index in [1.54, 1.807) is 0 Å². The first-order valence-corrected chi connectivity index (χ1v) is 9.32. The van der Waals surface area contributed by atoms with Gasteiger partial charge in [-0.1, -0.05) is 37.1 Å². The molecular weight excluding hydrogens is 308 g/mol. The molecule has 1 aliphatic rings. The lowest BCUT2D eigenvalue weighted by molar-refractivity contribution is -0.121. The summed E-state index contributed by atoms with van der Waals surface area (Å²) in [4.78, 5) is 14.5. The zero-order valence-electron chi connectivity index (χ0n) is 14.2. The molecular formula is C19H29ClN2O. The fourth-order valence-electron chi connectivity index (χ4n) is 3.32. The Morgan fingerprint density at radius 3 is 2.83 bits per heavy atom. The SMILES string of the molecule is CC[C@H]1CCCCN1CCCNC(=O)CCc1ccc(Cl)cc1. The van der Waals surface area contributed by atoms with E-state index in [-0.39, 0.29) is 5.91 Å². The molecule has 0 aromatic heterocycles. The standard InChI is InChI=1S/C19H29ClN2O/c1-2-18-6-3-4-14-22(18)15-5-13-21-19(23)12-9-16-7-10-17(20)11-8-16/h7-8,10-11,18H,2-6,9,12-15H2,1H3,(H,21,23)/t18-/m0/s1. The minimum absolute atomic E-state index is 0.144. The molecule has 4 heteroatoms. The number of carbonyl (C=O) groups excluding carboxylic acids is 1. The molecule has 1 aliphatic heterocycles. The van der Waals surface area contributed by atoms with Gasteiger partial charge in [0, 0.05) is 30.6 Å². The first-order valence-electron chi connectivity index (χ1n) is 8.94. The average molecular weight is 337 g/mol. The Labute approximate surface area is 145 Å². The van der Waals surface area contributed by atoms with Crippen molar-refractivity contribution in [3.8, 4) is 0 Å². The highest BCUT2D eigenvalue weighted by Gasteiger charge is 2.19. The van der Waals surface area contributed by atoms with Gasteiger partial charge in [-0.2, -0.15) is 0 Å². The van der Waals surface area contributed by atoms with Gasteiger partial charge < -0.3 is 10.2 Å². The van der Waals surface area contributed by atoms with Crippen molar-refractivity contribution in [3.63, 3.8) is 0 Å². The Morgan fingerprint density at radius 1 is 1.30 bits per heavy atom. The summed E-state index contributed by atoms with van der Waals surface area (Å²) in [5.41, 5.74) is 1.16. The molecule has 0 radical (unpaired) electrons. The van der Waals surface area contributed by atoms with E-state index in [0.29, 0.717) is 6.42 Å². The van der Waals surface area contributed by atoms with Gasteiger partial charge in [0.25, 0.3) is 0 Å². The number of aryl methyl sites for hydroxylation is 1. The lowest BCUT2D eigenvalue weighted by atomic mass is 10.00. The number of nitrogens with one attached hydrogen (secondary N) is 1. The van der Waals surface area contributed by atoms with Gasteiger partial charge in [0.2, 0.25) is 5.91 Å². The average Bonchev–Trinajstić information content (AvgIpc) is 2.58. The topological polar surface area (TPSA) is 32.3 Å². The Morgan fingerprint density at radius 2 is 2.09 bits per heavy atom. The number of amides is 1. The first kappa shape index (κ1) is 18.3. The lowest BCUT2D eigenvalue weighted by Crippen LogP contribution is -2.40. The Kier molecular flexibility index (Phi) is 7.90. The van der Waals surface area contributed by atoms with Crippen molar-refractivity contribution in [1.82, 2.24) is 10.2 Å². The molecule has 1 atom stereocenters. The number of hydrogen-bond acceptors (Lipinski definition) is 2. The number of likely N-dealkylation sites (tertiary alicyclic amines) is 1. The highest BCUT2D eigenvalue weighted by atomic mass is 35.5. The predicted octanol–water partition coefficient (Wildman–Crippen LogP) is 4.04. The molecule has 0 bridgehead atoms. The molecule has 1 saturated heterocycles. The van der Waals surface area contributed by atoms with Crippen molar-refractivity contribution in [2.75, 3.05) is 19.6 Å². The fraction of sp³-hybridized carbons (Fsp3) is 0.632. The fourth-order valence-corrected chi connectivity index (χ4v) is 3.45. The molecule has 1 aromatic carbocycles. The molecule has 128 valence electrons.